The Balaban J connectivity index is 1.35. The van der Waals surface area contributed by atoms with Gasteiger partial charge in [-0.2, -0.15) is 0 Å². The first-order chi connectivity index (χ1) is 14.0. The molecule has 152 valence electrons. The molecule has 1 N–H and O–H groups in total. The maximum Gasteiger partial charge on any atom is 0.284 e. The summed E-state index contributed by atoms with van der Waals surface area (Å²) in [4.78, 5) is 24.5. The van der Waals surface area contributed by atoms with Crippen LogP contribution in [0.4, 0.5) is 5.69 Å². The zero-order valence-electron chi connectivity index (χ0n) is 16.0. The van der Waals surface area contributed by atoms with Crippen LogP contribution in [0.1, 0.15) is 42.5 Å². The number of hydrogen-bond donors (Lipinski definition) is 1. The van der Waals surface area contributed by atoms with E-state index in [1.54, 1.807) is 19.2 Å². The van der Waals surface area contributed by atoms with Crippen LogP contribution in [0, 0.1) is 33.8 Å². The van der Waals surface area contributed by atoms with Crippen LogP contribution in [0.25, 0.3) is 0 Å². The zero-order chi connectivity index (χ0) is 20.1. The minimum Gasteiger partial charge on any atom is -0.349 e. The molecule has 1 amide bonds. The molecule has 0 aliphatic heterocycles. The van der Waals surface area contributed by atoms with E-state index in [2.05, 4.69) is 20.8 Å². The number of nitro groups is 1. The zero-order valence-corrected chi connectivity index (χ0v) is 16.8. The van der Waals surface area contributed by atoms with Crippen LogP contribution in [0.3, 0.4) is 0 Å². The van der Waals surface area contributed by atoms with Crippen LogP contribution in [0.2, 0.25) is 0 Å². The molecular weight excluding hydrogens is 392 g/mol. The molecule has 0 unspecified atom stereocenters. The predicted molar refractivity (Wildman–Crippen MR) is 104 cm³/mol. The van der Waals surface area contributed by atoms with Crippen molar-refractivity contribution in [3.05, 3.63) is 33.9 Å². The molecule has 29 heavy (non-hydrogen) atoms. The molecule has 1 aromatic carbocycles. The van der Waals surface area contributed by atoms with Gasteiger partial charge in [0, 0.05) is 24.7 Å². The highest BCUT2D eigenvalue weighted by Gasteiger charge is 2.48. The van der Waals surface area contributed by atoms with Crippen molar-refractivity contribution in [2.24, 2.45) is 30.7 Å². The summed E-state index contributed by atoms with van der Waals surface area (Å²) in [5.41, 5.74) is 0.210. The second-order valence-electron chi connectivity index (χ2n) is 8.56. The number of rotatable bonds is 5. The van der Waals surface area contributed by atoms with E-state index in [4.69, 9.17) is 0 Å². The van der Waals surface area contributed by atoms with Gasteiger partial charge in [0.1, 0.15) is 0 Å². The van der Waals surface area contributed by atoms with E-state index in [1.807, 2.05) is 0 Å². The minimum atomic E-state index is -0.466. The Morgan fingerprint density at radius 3 is 2.48 bits per heavy atom. The Kier molecular flexibility index (Phi) is 4.53. The Morgan fingerprint density at radius 2 is 1.90 bits per heavy atom. The van der Waals surface area contributed by atoms with Crippen LogP contribution in [0.5, 0.6) is 0 Å². The quantitative estimate of drug-likeness (QED) is 0.591. The summed E-state index contributed by atoms with van der Waals surface area (Å²) in [6.45, 7) is 0. The van der Waals surface area contributed by atoms with Crippen molar-refractivity contribution in [3.8, 4) is 0 Å². The van der Waals surface area contributed by atoms with E-state index in [1.165, 1.54) is 42.9 Å². The van der Waals surface area contributed by atoms with Gasteiger partial charge in [-0.1, -0.05) is 0 Å². The number of carbonyl (C=O) groups is 1. The molecule has 4 saturated carbocycles. The van der Waals surface area contributed by atoms with Crippen LogP contribution in [-0.2, 0) is 7.05 Å². The Labute approximate surface area is 171 Å². The fourth-order valence-electron chi connectivity index (χ4n) is 5.69. The van der Waals surface area contributed by atoms with Crippen LogP contribution in [0.15, 0.2) is 28.3 Å². The molecule has 0 radical (unpaired) electrons. The molecule has 0 saturated heterocycles. The van der Waals surface area contributed by atoms with Gasteiger partial charge in [0.15, 0.2) is 0 Å². The molecule has 9 nitrogen and oxygen atoms in total. The molecular formula is C19H22N6O3S. The number of aromatic nitrogens is 4. The normalized spacial score (nSPS) is 29.8. The van der Waals surface area contributed by atoms with Crippen molar-refractivity contribution in [2.75, 3.05) is 0 Å². The van der Waals surface area contributed by atoms with Gasteiger partial charge in [-0.05, 0) is 90.1 Å². The first-order valence-electron chi connectivity index (χ1n) is 9.97. The molecule has 1 heterocycles. The number of benzene rings is 1. The Bertz CT molecular complexity index is 949. The monoisotopic (exact) mass is 414 g/mol. The molecule has 6 rings (SSSR count). The van der Waals surface area contributed by atoms with E-state index >= 15 is 0 Å². The van der Waals surface area contributed by atoms with Crippen LogP contribution < -0.4 is 5.32 Å². The Morgan fingerprint density at radius 1 is 1.21 bits per heavy atom. The van der Waals surface area contributed by atoms with Gasteiger partial charge in [-0.25, -0.2) is 4.68 Å². The highest BCUT2D eigenvalue weighted by Crippen LogP contribution is 2.53. The molecule has 10 heteroatoms. The van der Waals surface area contributed by atoms with E-state index in [0.717, 1.165) is 23.6 Å². The van der Waals surface area contributed by atoms with E-state index in [9.17, 15) is 14.9 Å². The number of hydrogen-bond acceptors (Lipinski definition) is 7. The number of nitro benzene ring substituents is 1. The van der Waals surface area contributed by atoms with Crippen molar-refractivity contribution in [2.45, 2.75) is 48.2 Å². The van der Waals surface area contributed by atoms with Crippen molar-refractivity contribution in [1.29, 1.82) is 0 Å². The first-order valence-corrected chi connectivity index (χ1v) is 10.8. The van der Waals surface area contributed by atoms with Gasteiger partial charge >= 0.3 is 0 Å². The number of nitrogens with zero attached hydrogens (tertiary/aromatic N) is 5. The van der Waals surface area contributed by atoms with Gasteiger partial charge in [-0.3, -0.25) is 14.9 Å². The van der Waals surface area contributed by atoms with Gasteiger partial charge in [0.05, 0.1) is 9.82 Å². The average Bonchev–Trinajstić information content (AvgIpc) is 3.08. The van der Waals surface area contributed by atoms with E-state index < -0.39 is 4.92 Å². The molecule has 4 aliphatic rings. The summed E-state index contributed by atoms with van der Waals surface area (Å²) >= 11 is 1.10. The highest BCUT2D eigenvalue weighted by atomic mass is 32.2. The summed E-state index contributed by atoms with van der Waals surface area (Å²) < 4.78 is 1.45. The number of tetrazole rings is 1. The third kappa shape index (κ3) is 3.39. The SMILES string of the molecule is Cn1nnnc1Sc1ccc(C(=O)NC2C3CC4CC(C3)CC2C4)cc1[N+](=O)[O-]. The topological polar surface area (TPSA) is 116 Å². The van der Waals surface area contributed by atoms with Gasteiger partial charge in [0.25, 0.3) is 11.6 Å². The summed E-state index contributed by atoms with van der Waals surface area (Å²) in [6, 6.07) is 4.80. The molecule has 4 fully saturated rings. The maximum atomic E-state index is 12.9. The summed E-state index contributed by atoms with van der Waals surface area (Å²) in [6.07, 6.45) is 6.19. The van der Waals surface area contributed by atoms with Crippen molar-refractivity contribution in [1.82, 2.24) is 25.5 Å². The lowest BCUT2D eigenvalue weighted by molar-refractivity contribution is -0.387. The molecule has 1 aromatic heterocycles. The molecule has 4 aliphatic carbocycles. The second kappa shape index (κ2) is 7.08. The summed E-state index contributed by atoms with van der Waals surface area (Å²) in [7, 11) is 1.67. The van der Waals surface area contributed by atoms with E-state index in [0.29, 0.717) is 27.5 Å². The summed E-state index contributed by atoms with van der Waals surface area (Å²) in [5.74, 6) is 2.56. The van der Waals surface area contributed by atoms with Crippen molar-refractivity contribution < 1.29 is 9.72 Å². The van der Waals surface area contributed by atoms with Crippen LogP contribution >= 0.6 is 11.8 Å². The summed E-state index contributed by atoms with van der Waals surface area (Å²) in [5, 5.41) is 26.4. The minimum absolute atomic E-state index is 0.115. The van der Waals surface area contributed by atoms with Crippen molar-refractivity contribution in [3.63, 3.8) is 0 Å². The maximum absolute atomic E-state index is 12.9. The molecule has 0 spiro atoms. The molecule has 4 bridgehead atoms. The van der Waals surface area contributed by atoms with Crippen LogP contribution in [-0.4, -0.2) is 37.1 Å². The largest absolute Gasteiger partial charge is 0.349 e. The fraction of sp³-hybridized carbons (Fsp3) is 0.579. The second-order valence-corrected chi connectivity index (χ2v) is 9.57. The number of carbonyl (C=O) groups excluding carboxylic acids is 1. The lowest BCUT2D eigenvalue weighted by Gasteiger charge is -2.54. The molecule has 0 atom stereocenters. The third-order valence-corrected chi connectivity index (χ3v) is 7.82. The van der Waals surface area contributed by atoms with Gasteiger partial charge in [-0.15, -0.1) is 5.10 Å². The smallest absolute Gasteiger partial charge is 0.284 e. The Hall–Kier alpha value is -2.49. The average molecular weight is 414 g/mol. The fourth-order valence-corrected chi connectivity index (χ4v) is 6.51. The predicted octanol–water partition coefficient (Wildman–Crippen LogP) is 2.82. The molecule has 2 aromatic rings. The van der Waals surface area contributed by atoms with E-state index in [-0.39, 0.29) is 17.6 Å². The van der Waals surface area contributed by atoms with Gasteiger partial charge in [0.2, 0.25) is 5.16 Å². The number of amides is 1. The third-order valence-electron chi connectivity index (χ3n) is 6.72. The lowest BCUT2D eigenvalue weighted by atomic mass is 9.54. The number of aryl methyl sites for hydroxylation is 1. The number of nitrogens with one attached hydrogen (secondary N) is 1. The van der Waals surface area contributed by atoms with Crippen molar-refractivity contribution >= 4 is 23.4 Å². The lowest BCUT2D eigenvalue weighted by Crippen LogP contribution is -2.55. The van der Waals surface area contributed by atoms with Gasteiger partial charge < -0.3 is 5.32 Å². The first kappa shape index (κ1) is 18.5. The standard InChI is InChI=1S/C19H22N6O3S/c1-24-19(21-22-23-24)29-16-3-2-12(9-15(16)25(27)28)18(26)20-17-13-5-10-4-11(7-13)8-14(17)6-10/h2-3,9-11,13-14,17H,4-8H2,1H3,(H,20,26). The highest BCUT2D eigenvalue weighted by molar-refractivity contribution is 7.99.